The molecule has 0 aliphatic heterocycles. The Hall–Kier alpha value is 0.810. The second-order valence-electron chi connectivity index (χ2n) is 2.08. The lowest BCUT2D eigenvalue weighted by Crippen LogP contribution is -2.10. The molecule has 0 heterocycles. The lowest BCUT2D eigenvalue weighted by molar-refractivity contribution is 0.307. The maximum absolute atomic E-state index is 5.42. The Morgan fingerprint density at radius 1 is 1.07 bits per heavy atom. The van der Waals surface area contributed by atoms with Gasteiger partial charge in [0, 0.05) is 28.4 Å². The molecule has 0 saturated heterocycles. The Morgan fingerprint density at radius 2 is 1.53 bits per heavy atom. The summed E-state index contributed by atoms with van der Waals surface area (Å²) in [6, 6.07) is 0. The van der Waals surface area contributed by atoms with E-state index in [9.17, 15) is 0 Å². The number of nitrogens with zero attached hydrogens (tertiary/aromatic N) is 1. The average molecular weight is 278 g/mol. The molecule has 0 spiro atoms. The summed E-state index contributed by atoms with van der Waals surface area (Å²) in [6.45, 7) is 0. The maximum atomic E-state index is 5.42. The van der Waals surface area contributed by atoms with Crippen molar-refractivity contribution in [3.05, 3.63) is 0 Å². The first-order valence-electron chi connectivity index (χ1n) is 3.73. The predicted octanol–water partition coefficient (Wildman–Crippen LogP) is 1.48. The van der Waals surface area contributed by atoms with E-state index in [1.54, 1.807) is 0 Å². The SMILES string of the molecule is COP(NP(=NP(N)N)(OC)OC)OC. The van der Waals surface area contributed by atoms with Crippen molar-refractivity contribution in [3.63, 3.8) is 0 Å². The molecule has 0 bridgehead atoms. The van der Waals surface area contributed by atoms with Crippen LogP contribution in [0, 0.1) is 0 Å². The summed E-state index contributed by atoms with van der Waals surface area (Å²) in [5.41, 5.74) is 10.8. The van der Waals surface area contributed by atoms with E-state index in [0.29, 0.717) is 0 Å². The molecule has 0 aromatic rings. The molecule has 0 aromatic heterocycles. The molecule has 5 N–H and O–H groups in total. The third kappa shape index (κ3) is 5.61. The van der Waals surface area contributed by atoms with Crippen LogP contribution >= 0.6 is 24.6 Å². The predicted molar refractivity (Wildman–Crippen MR) is 62.7 cm³/mol. The first-order chi connectivity index (χ1) is 7.03. The van der Waals surface area contributed by atoms with Crippen LogP contribution in [0.15, 0.2) is 4.52 Å². The van der Waals surface area contributed by atoms with Crippen molar-refractivity contribution in [3.8, 4) is 0 Å². The van der Waals surface area contributed by atoms with Crippen LogP contribution in [-0.4, -0.2) is 28.4 Å². The number of hydrogen-bond acceptors (Lipinski definition) is 7. The molecule has 0 aliphatic rings. The van der Waals surface area contributed by atoms with E-state index in [4.69, 9.17) is 29.1 Å². The van der Waals surface area contributed by atoms with Gasteiger partial charge >= 0.3 is 0 Å². The molecule has 0 aromatic carbocycles. The normalized spacial score (nSPS) is 12.5. The summed E-state index contributed by atoms with van der Waals surface area (Å²) in [5.74, 6) is 0. The second-order valence-corrected chi connectivity index (χ2v) is 7.37. The number of nitrogens with two attached hydrogens (primary N) is 2. The Bertz CT molecular complexity index is 216. The van der Waals surface area contributed by atoms with Crippen molar-refractivity contribution in [2.75, 3.05) is 28.4 Å². The summed E-state index contributed by atoms with van der Waals surface area (Å²) in [7, 11) is 0.410. The average Bonchev–Trinajstić information content (AvgIpc) is 2.23. The van der Waals surface area contributed by atoms with E-state index in [-0.39, 0.29) is 0 Å². The molecule has 11 heteroatoms. The molecule has 8 nitrogen and oxygen atoms in total. The fraction of sp³-hybridized carbons (Fsp3) is 1.00. The van der Waals surface area contributed by atoms with Gasteiger partial charge in [0.05, 0.1) is 0 Å². The summed E-state index contributed by atoms with van der Waals surface area (Å²) >= 11 is 0. The third-order valence-corrected chi connectivity index (χ3v) is 6.34. The van der Waals surface area contributed by atoms with E-state index in [0.717, 1.165) is 0 Å². The summed E-state index contributed by atoms with van der Waals surface area (Å²) in [6.07, 6.45) is 0. The zero-order chi connectivity index (χ0) is 11.9. The van der Waals surface area contributed by atoms with E-state index in [2.05, 4.69) is 9.37 Å². The first kappa shape index (κ1) is 15.8. The molecule has 92 valence electrons. The van der Waals surface area contributed by atoms with Crippen LogP contribution in [0.2, 0.25) is 0 Å². The molecule has 15 heavy (non-hydrogen) atoms. The van der Waals surface area contributed by atoms with Gasteiger partial charge in [0.1, 0.15) is 0 Å². The lowest BCUT2D eigenvalue weighted by atomic mass is 11.8. The molecule has 0 rings (SSSR count). The van der Waals surface area contributed by atoms with Crippen LogP contribution in [0.25, 0.3) is 0 Å². The van der Waals surface area contributed by atoms with Crippen molar-refractivity contribution in [2.24, 2.45) is 15.5 Å². The summed E-state index contributed by atoms with van der Waals surface area (Å²) < 4.78 is 24.3. The highest BCUT2D eigenvalue weighted by atomic mass is 31.3. The smallest absolute Gasteiger partial charge is 0.300 e. The van der Waals surface area contributed by atoms with Crippen molar-refractivity contribution in [2.45, 2.75) is 0 Å². The Kier molecular flexibility index (Phi) is 8.41. The van der Waals surface area contributed by atoms with Crippen LogP contribution in [0.4, 0.5) is 0 Å². The minimum Gasteiger partial charge on any atom is -0.325 e. The van der Waals surface area contributed by atoms with E-state index in [1.807, 2.05) is 0 Å². The van der Waals surface area contributed by atoms with Crippen LogP contribution in [0.5, 0.6) is 0 Å². The van der Waals surface area contributed by atoms with Gasteiger partial charge < -0.3 is 18.1 Å². The molecular formula is C4H17N4O4P3. The Balaban J connectivity index is 4.78. The largest absolute Gasteiger partial charge is 0.325 e. The van der Waals surface area contributed by atoms with Gasteiger partial charge in [-0.3, -0.25) is 11.0 Å². The number of hydrogen-bond donors (Lipinski definition) is 3. The van der Waals surface area contributed by atoms with Crippen LogP contribution < -0.4 is 15.9 Å². The lowest BCUT2D eigenvalue weighted by Gasteiger charge is -2.24. The van der Waals surface area contributed by atoms with Crippen LogP contribution in [-0.2, 0) is 18.1 Å². The van der Waals surface area contributed by atoms with Crippen molar-refractivity contribution in [1.29, 1.82) is 0 Å². The zero-order valence-electron chi connectivity index (χ0n) is 9.08. The molecule has 0 unspecified atom stereocenters. The van der Waals surface area contributed by atoms with Gasteiger partial charge in [-0.25, -0.2) is 0 Å². The highest BCUT2D eigenvalue weighted by Gasteiger charge is 2.25. The van der Waals surface area contributed by atoms with Crippen molar-refractivity contribution < 1.29 is 18.1 Å². The minimum atomic E-state index is -2.67. The molecular weight excluding hydrogens is 261 g/mol. The molecule has 0 saturated carbocycles. The molecule has 0 radical (unpaired) electrons. The highest BCUT2D eigenvalue weighted by molar-refractivity contribution is 7.71. The highest BCUT2D eigenvalue weighted by Crippen LogP contribution is 2.57. The molecule has 0 fully saturated rings. The van der Waals surface area contributed by atoms with Gasteiger partial charge in [0.15, 0.2) is 8.37 Å². The van der Waals surface area contributed by atoms with Gasteiger partial charge in [0.25, 0.3) is 16.2 Å². The molecule has 0 aliphatic carbocycles. The fourth-order valence-corrected chi connectivity index (χ4v) is 5.27. The van der Waals surface area contributed by atoms with Gasteiger partial charge in [0.2, 0.25) is 0 Å². The van der Waals surface area contributed by atoms with Crippen molar-refractivity contribution >= 4 is 24.6 Å². The van der Waals surface area contributed by atoms with E-state index >= 15 is 0 Å². The van der Waals surface area contributed by atoms with Gasteiger partial charge in [-0.2, -0.15) is 9.37 Å². The Labute approximate surface area is 92.1 Å². The van der Waals surface area contributed by atoms with Crippen LogP contribution in [0.1, 0.15) is 0 Å². The van der Waals surface area contributed by atoms with E-state index in [1.165, 1.54) is 28.4 Å². The topological polar surface area (TPSA) is 113 Å². The standard InChI is InChI=1S/C4H17N4O4P3/c1-9-14(10-2)8-15(11-3,12-4)7-13(5)6/h8H,5-6H2,1-4H3. The molecule has 0 atom stereocenters. The number of nitrogens with one attached hydrogen (secondary N) is 1. The zero-order valence-corrected chi connectivity index (χ0v) is 11.8. The quantitative estimate of drug-likeness (QED) is 0.604. The first-order valence-corrected chi connectivity index (χ1v) is 7.91. The Morgan fingerprint density at radius 3 is 1.80 bits per heavy atom. The van der Waals surface area contributed by atoms with Gasteiger partial charge in [-0.05, 0) is 0 Å². The van der Waals surface area contributed by atoms with Gasteiger partial charge in [-0.15, -0.1) is 0 Å². The third-order valence-electron chi connectivity index (χ3n) is 1.26. The molecule has 0 amide bonds. The minimum absolute atomic E-state index is 1.33. The number of rotatable bonds is 7. The summed E-state index contributed by atoms with van der Waals surface area (Å²) in [4.78, 5) is 2.87. The van der Waals surface area contributed by atoms with E-state index < -0.39 is 24.6 Å². The van der Waals surface area contributed by atoms with Crippen LogP contribution in [0.3, 0.4) is 0 Å². The summed E-state index contributed by atoms with van der Waals surface area (Å²) in [5, 5.41) is 0. The maximum Gasteiger partial charge on any atom is 0.300 e. The van der Waals surface area contributed by atoms with Gasteiger partial charge in [-0.1, -0.05) is 0 Å². The monoisotopic (exact) mass is 278 g/mol. The second kappa shape index (κ2) is 7.98. The van der Waals surface area contributed by atoms with Crippen molar-refractivity contribution in [1.82, 2.24) is 4.86 Å². The fourth-order valence-electron chi connectivity index (χ4n) is 0.645.